The minimum absolute atomic E-state index is 0.269. The second-order valence-electron chi connectivity index (χ2n) is 5.62. The van der Waals surface area contributed by atoms with Crippen molar-refractivity contribution in [3.8, 4) is 11.8 Å². The normalized spacial score (nSPS) is 27.6. The topological polar surface area (TPSA) is 33.0 Å². The molecule has 1 aromatic carbocycles. The van der Waals surface area contributed by atoms with Gasteiger partial charge < -0.3 is 4.74 Å². The first-order valence-corrected chi connectivity index (χ1v) is 6.77. The van der Waals surface area contributed by atoms with Gasteiger partial charge in [0.15, 0.2) is 0 Å². The van der Waals surface area contributed by atoms with Crippen LogP contribution in [-0.2, 0) is 0 Å². The highest BCUT2D eigenvalue weighted by atomic mass is 16.5. The number of nitriles is 1. The van der Waals surface area contributed by atoms with Gasteiger partial charge in [0.1, 0.15) is 11.8 Å². The van der Waals surface area contributed by atoms with Crippen LogP contribution in [0, 0.1) is 30.1 Å². The maximum absolute atomic E-state index is 9.10. The predicted molar refractivity (Wildman–Crippen MR) is 72.5 cm³/mol. The second kappa shape index (κ2) is 5.44. The van der Waals surface area contributed by atoms with Crippen molar-refractivity contribution in [2.75, 3.05) is 0 Å². The molecule has 0 heterocycles. The predicted octanol–water partition coefficient (Wildman–Crippen LogP) is 4.07. The van der Waals surface area contributed by atoms with Gasteiger partial charge in [-0.2, -0.15) is 5.26 Å². The molecule has 0 N–H and O–H groups in total. The molecule has 1 saturated carbocycles. The number of rotatable bonds is 2. The number of hydrogen-bond acceptors (Lipinski definition) is 2. The van der Waals surface area contributed by atoms with E-state index in [0.29, 0.717) is 11.5 Å². The zero-order valence-corrected chi connectivity index (χ0v) is 11.4. The smallest absolute Gasteiger partial charge is 0.137 e. The molecule has 1 aliphatic rings. The lowest BCUT2D eigenvalue weighted by atomic mass is 9.80. The maximum Gasteiger partial charge on any atom is 0.137 e. The second-order valence-corrected chi connectivity index (χ2v) is 5.62. The zero-order valence-electron chi connectivity index (χ0n) is 11.4. The van der Waals surface area contributed by atoms with Crippen LogP contribution < -0.4 is 4.74 Å². The van der Waals surface area contributed by atoms with Crippen LogP contribution in [0.25, 0.3) is 0 Å². The molecule has 0 amide bonds. The van der Waals surface area contributed by atoms with Crippen LogP contribution in [-0.4, -0.2) is 6.10 Å². The molecule has 0 aliphatic heterocycles. The first kappa shape index (κ1) is 13.0. The van der Waals surface area contributed by atoms with E-state index in [1.165, 1.54) is 6.42 Å². The first-order valence-electron chi connectivity index (χ1n) is 6.77. The Morgan fingerprint density at radius 3 is 2.67 bits per heavy atom. The quantitative estimate of drug-likeness (QED) is 0.784. The van der Waals surface area contributed by atoms with Crippen LogP contribution in [0.2, 0.25) is 0 Å². The van der Waals surface area contributed by atoms with E-state index in [1.54, 1.807) is 0 Å². The lowest BCUT2D eigenvalue weighted by Gasteiger charge is -2.32. The Balaban J connectivity index is 2.10. The third-order valence-corrected chi connectivity index (χ3v) is 4.10. The Morgan fingerprint density at radius 1 is 1.22 bits per heavy atom. The van der Waals surface area contributed by atoms with Gasteiger partial charge in [0.05, 0.1) is 11.7 Å². The fraction of sp³-hybridized carbons (Fsp3) is 0.562. The summed E-state index contributed by atoms with van der Waals surface area (Å²) < 4.78 is 6.05. The molecule has 1 aromatic rings. The van der Waals surface area contributed by atoms with E-state index < -0.39 is 0 Å². The SMILES string of the molecule is Cc1ccc(C#N)c(OC2CCC(C)C(C)C2)c1. The third kappa shape index (κ3) is 2.85. The van der Waals surface area contributed by atoms with Gasteiger partial charge in [-0.15, -0.1) is 0 Å². The zero-order chi connectivity index (χ0) is 13.1. The van der Waals surface area contributed by atoms with Crippen LogP contribution in [0.3, 0.4) is 0 Å². The molecule has 0 radical (unpaired) electrons. The van der Waals surface area contributed by atoms with Gasteiger partial charge in [-0.1, -0.05) is 19.9 Å². The lowest BCUT2D eigenvalue weighted by molar-refractivity contribution is 0.100. The summed E-state index contributed by atoms with van der Waals surface area (Å²) >= 11 is 0. The molecule has 18 heavy (non-hydrogen) atoms. The minimum atomic E-state index is 0.269. The van der Waals surface area contributed by atoms with Crippen LogP contribution in [0.15, 0.2) is 18.2 Å². The van der Waals surface area contributed by atoms with E-state index in [2.05, 4.69) is 19.9 Å². The van der Waals surface area contributed by atoms with Gasteiger partial charge in [0.25, 0.3) is 0 Å². The molecule has 0 spiro atoms. The molecule has 0 saturated heterocycles. The van der Waals surface area contributed by atoms with Crippen LogP contribution in [0.1, 0.15) is 44.2 Å². The summed E-state index contributed by atoms with van der Waals surface area (Å²) in [4.78, 5) is 0. The highest BCUT2D eigenvalue weighted by Gasteiger charge is 2.26. The van der Waals surface area contributed by atoms with Crippen molar-refractivity contribution in [2.24, 2.45) is 11.8 Å². The van der Waals surface area contributed by atoms with Gasteiger partial charge in [-0.25, -0.2) is 0 Å². The molecule has 3 atom stereocenters. The summed E-state index contributed by atoms with van der Waals surface area (Å²) in [7, 11) is 0. The van der Waals surface area contributed by atoms with Crippen molar-refractivity contribution >= 4 is 0 Å². The van der Waals surface area contributed by atoms with Crippen molar-refractivity contribution < 1.29 is 4.74 Å². The van der Waals surface area contributed by atoms with E-state index in [9.17, 15) is 0 Å². The summed E-state index contributed by atoms with van der Waals surface area (Å²) in [6, 6.07) is 7.98. The van der Waals surface area contributed by atoms with E-state index in [1.807, 2.05) is 25.1 Å². The first-order chi connectivity index (χ1) is 8.60. The molecule has 0 aromatic heterocycles. The van der Waals surface area contributed by atoms with Gasteiger partial charge >= 0.3 is 0 Å². The summed E-state index contributed by atoms with van der Waals surface area (Å²) in [6.45, 7) is 6.63. The van der Waals surface area contributed by atoms with Gasteiger partial charge in [-0.05, 0) is 55.7 Å². The van der Waals surface area contributed by atoms with E-state index in [0.717, 1.165) is 30.1 Å². The molecule has 2 nitrogen and oxygen atoms in total. The van der Waals surface area contributed by atoms with Gasteiger partial charge in [0.2, 0.25) is 0 Å². The average molecular weight is 243 g/mol. The molecular weight excluding hydrogens is 222 g/mol. The summed E-state index contributed by atoms with van der Waals surface area (Å²) in [5.41, 5.74) is 1.79. The highest BCUT2D eigenvalue weighted by molar-refractivity contribution is 5.45. The summed E-state index contributed by atoms with van der Waals surface area (Å²) in [5.74, 6) is 2.25. The fourth-order valence-corrected chi connectivity index (χ4v) is 2.60. The molecular formula is C16H21NO. The molecule has 3 unspecified atom stereocenters. The van der Waals surface area contributed by atoms with Crippen LogP contribution >= 0.6 is 0 Å². The number of ether oxygens (including phenoxy) is 1. The minimum Gasteiger partial charge on any atom is -0.489 e. The van der Waals surface area contributed by atoms with E-state index in [4.69, 9.17) is 10.00 Å². The van der Waals surface area contributed by atoms with Crippen molar-refractivity contribution in [1.29, 1.82) is 5.26 Å². The van der Waals surface area contributed by atoms with Crippen molar-refractivity contribution in [3.05, 3.63) is 29.3 Å². The molecule has 1 aliphatic carbocycles. The molecule has 96 valence electrons. The Kier molecular flexibility index (Phi) is 3.91. The number of hydrogen-bond donors (Lipinski definition) is 0. The Bertz CT molecular complexity index is 461. The third-order valence-electron chi connectivity index (χ3n) is 4.10. The van der Waals surface area contributed by atoms with E-state index in [-0.39, 0.29) is 6.10 Å². The molecule has 1 fully saturated rings. The van der Waals surface area contributed by atoms with Crippen LogP contribution in [0.4, 0.5) is 0 Å². The van der Waals surface area contributed by atoms with Crippen molar-refractivity contribution in [1.82, 2.24) is 0 Å². The monoisotopic (exact) mass is 243 g/mol. The van der Waals surface area contributed by atoms with Gasteiger partial charge in [0, 0.05) is 0 Å². The largest absolute Gasteiger partial charge is 0.489 e. The summed E-state index contributed by atoms with van der Waals surface area (Å²) in [6.07, 6.45) is 3.69. The van der Waals surface area contributed by atoms with E-state index >= 15 is 0 Å². The summed E-state index contributed by atoms with van der Waals surface area (Å²) in [5, 5.41) is 9.10. The van der Waals surface area contributed by atoms with Gasteiger partial charge in [-0.3, -0.25) is 0 Å². The standard InChI is InChI=1S/C16H21NO/c1-11-4-6-14(10-17)16(8-11)18-15-7-5-12(2)13(3)9-15/h4,6,8,12-13,15H,5,7,9H2,1-3H3. The molecule has 2 heteroatoms. The Hall–Kier alpha value is -1.49. The lowest BCUT2D eigenvalue weighted by Crippen LogP contribution is -2.29. The van der Waals surface area contributed by atoms with Crippen molar-refractivity contribution in [3.63, 3.8) is 0 Å². The number of aryl methyl sites for hydroxylation is 1. The fourth-order valence-electron chi connectivity index (χ4n) is 2.60. The average Bonchev–Trinajstić information content (AvgIpc) is 2.34. The number of benzene rings is 1. The Labute approximate surface area is 110 Å². The number of nitrogens with zero attached hydrogens (tertiary/aromatic N) is 1. The molecule has 2 rings (SSSR count). The van der Waals surface area contributed by atoms with Crippen LogP contribution in [0.5, 0.6) is 5.75 Å². The molecule has 0 bridgehead atoms. The highest BCUT2D eigenvalue weighted by Crippen LogP contribution is 2.32. The van der Waals surface area contributed by atoms with Crippen molar-refractivity contribution in [2.45, 2.75) is 46.1 Å². The Morgan fingerprint density at radius 2 is 2.00 bits per heavy atom. The maximum atomic E-state index is 9.10.